The quantitative estimate of drug-likeness (QED) is 0.343. The second kappa shape index (κ2) is 9.56. The van der Waals surface area contributed by atoms with Crippen molar-refractivity contribution in [2.45, 2.75) is 25.7 Å². The van der Waals surface area contributed by atoms with E-state index in [1.165, 1.54) is 30.4 Å². The third kappa shape index (κ3) is 4.47. The van der Waals surface area contributed by atoms with Crippen LogP contribution in [0.2, 0.25) is 0 Å². The molecule has 3 aromatic rings. The van der Waals surface area contributed by atoms with Crippen LogP contribution in [0.3, 0.4) is 0 Å². The van der Waals surface area contributed by atoms with Gasteiger partial charge in [-0.2, -0.15) is 5.10 Å². The predicted octanol–water partition coefficient (Wildman–Crippen LogP) is 3.23. The van der Waals surface area contributed by atoms with Crippen molar-refractivity contribution in [2.75, 3.05) is 31.2 Å². The number of amides is 4. The van der Waals surface area contributed by atoms with Crippen molar-refractivity contribution in [2.24, 2.45) is 5.73 Å². The molecular formula is C25H29N7O2. The maximum absolute atomic E-state index is 12.8. The standard InChI is InChI=1S/C25H29N7O2/c26-24(33)30-32(25(34)27-12-15-31-13-4-1-5-14-31)19-10-8-17(9-11-19)22-21-16-18-6-2-3-7-20(18)23(21)29-28-22/h2-3,6-11H,1,4-5,12-16H2,(H,27,34)(H,28,29)(H3,26,30,33). The zero-order valence-corrected chi connectivity index (χ0v) is 19.0. The highest BCUT2D eigenvalue weighted by Crippen LogP contribution is 2.40. The van der Waals surface area contributed by atoms with Gasteiger partial charge in [0.15, 0.2) is 0 Å². The molecule has 5 rings (SSSR count). The molecule has 0 saturated carbocycles. The fraction of sp³-hybridized carbons (Fsp3) is 0.320. The van der Waals surface area contributed by atoms with Crippen molar-refractivity contribution in [1.29, 1.82) is 0 Å². The van der Waals surface area contributed by atoms with Crippen molar-refractivity contribution >= 4 is 17.7 Å². The number of urea groups is 2. The summed E-state index contributed by atoms with van der Waals surface area (Å²) in [6.07, 6.45) is 4.49. The Labute approximate surface area is 198 Å². The van der Waals surface area contributed by atoms with Gasteiger partial charge >= 0.3 is 12.1 Å². The van der Waals surface area contributed by atoms with E-state index in [1.54, 1.807) is 12.1 Å². The molecule has 1 saturated heterocycles. The van der Waals surface area contributed by atoms with Gasteiger partial charge in [-0.1, -0.05) is 42.8 Å². The first-order valence-electron chi connectivity index (χ1n) is 11.7. The summed E-state index contributed by atoms with van der Waals surface area (Å²) in [5.74, 6) is 0. The number of rotatable bonds is 5. The number of hydrogen-bond acceptors (Lipinski definition) is 4. The number of anilines is 1. The summed E-state index contributed by atoms with van der Waals surface area (Å²) >= 11 is 0. The first kappa shape index (κ1) is 22.0. The molecule has 176 valence electrons. The van der Waals surface area contributed by atoms with Gasteiger partial charge in [0.25, 0.3) is 0 Å². The fourth-order valence-electron chi connectivity index (χ4n) is 4.80. The molecule has 4 amide bonds. The van der Waals surface area contributed by atoms with Gasteiger partial charge in [0.05, 0.1) is 17.1 Å². The van der Waals surface area contributed by atoms with Gasteiger partial charge in [-0.25, -0.2) is 20.0 Å². The summed E-state index contributed by atoms with van der Waals surface area (Å²) < 4.78 is 0. The Morgan fingerprint density at radius 2 is 1.82 bits per heavy atom. The van der Waals surface area contributed by atoms with Gasteiger partial charge in [-0.3, -0.25) is 5.10 Å². The number of likely N-dealkylation sites (tertiary alicyclic amines) is 1. The minimum Gasteiger partial charge on any atom is -0.350 e. The molecule has 1 aromatic heterocycles. The number of aromatic nitrogens is 2. The molecule has 9 heteroatoms. The Bertz CT molecular complexity index is 1180. The summed E-state index contributed by atoms with van der Waals surface area (Å²) in [6, 6.07) is 14.4. The summed E-state index contributed by atoms with van der Waals surface area (Å²) in [7, 11) is 0. The molecule has 0 atom stereocenters. The zero-order chi connectivity index (χ0) is 23.5. The minimum absolute atomic E-state index is 0.431. The molecule has 0 spiro atoms. The lowest BCUT2D eigenvalue weighted by molar-refractivity contribution is 0.220. The molecular weight excluding hydrogens is 430 g/mol. The summed E-state index contributed by atoms with van der Waals surface area (Å²) in [5.41, 5.74) is 14.8. The summed E-state index contributed by atoms with van der Waals surface area (Å²) in [5, 5.41) is 11.7. The number of aromatic amines is 1. The van der Waals surface area contributed by atoms with Gasteiger partial charge in [0, 0.05) is 36.2 Å². The van der Waals surface area contributed by atoms with Crippen molar-refractivity contribution in [3.63, 3.8) is 0 Å². The Balaban J connectivity index is 1.29. The molecule has 0 radical (unpaired) electrons. The van der Waals surface area contributed by atoms with Crippen molar-refractivity contribution < 1.29 is 9.59 Å². The van der Waals surface area contributed by atoms with Crippen molar-refractivity contribution in [1.82, 2.24) is 25.8 Å². The molecule has 0 bridgehead atoms. The highest BCUT2D eigenvalue weighted by Gasteiger charge is 2.25. The number of H-pyrrole nitrogens is 1. The Morgan fingerprint density at radius 1 is 1.06 bits per heavy atom. The Hall–Kier alpha value is -3.85. The Kier molecular flexibility index (Phi) is 6.18. The molecule has 34 heavy (non-hydrogen) atoms. The van der Waals surface area contributed by atoms with E-state index < -0.39 is 12.1 Å². The molecule has 1 fully saturated rings. The highest BCUT2D eigenvalue weighted by atomic mass is 16.2. The largest absolute Gasteiger partial charge is 0.350 e. The number of nitrogens with two attached hydrogens (primary N) is 1. The summed E-state index contributed by atoms with van der Waals surface area (Å²) in [4.78, 5) is 26.7. The number of benzene rings is 2. The van der Waals surface area contributed by atoms with Crippen LogP contribution in [-0.2, 0) is 6.42 Å². The van der Waals surface area contributed by atoms with Gasteiger partial charge in [0.1, 0.15) is 0 Å². The second-order valence-corrected chi connectivity index (χ2v) is 8.75. The SMILES string of the molecule is NC(=O)NN(C(=O)NCCN1CCCCC1)c1ccc(-c2n[nH]c3c2Cc2ccccc2-3)cc1. The monoisotopic (exact) mass is 459 g/mol. The van der Waals surface area contributed by atoms with Crippen LogP contribution in [0.1, 0.15) is 30.4 Å². The van der Waals surface area contributed by atoms with E-state index in [2.05, 4.69) is 38.0 Å². The number of hydrazine groups is 1. The van der Waals surface area contributed by atoms with Gasteiger partial charge in [-0.05, 0) is 43.6 Å². The average molecular weight is 460 g/mol. The molecule has 9 nitrogen and oxygen atoms in total. The van der Waals surface area contributed by atoms with E-state index in [1.807, 2.05) is 24.3 Å². The third-order valence-electron chi connectivity index (χ3n) is 6.50. The van der Waals surface area contributed by atoms with Crippen molar-refractivity contribution in [3.8, 4) is 22.5 Å². The third-order valence-corrected chi connectivity index (χ3v) is 6.50. The first-order chi connectivity index (χ1) is 16.6. The molecule has 1 aliphatic heterocycles. The van der Waals surface area contributed by atoms with Crippen LogP contribution in [0.15, 0.2) is 48.5 Å². The van der Waals surface area contributed by atoms with Crippen LogP contribution >= 0.6 is 0 Å². The number of carbonyl (C=O) groups excluding carboxylic acids is 2. The van der Waals surface area contributed by atoms with Crippen LogP contribution < -0.4 is 21.5 Å². The number of fused-ring (bicyclic) bond motifs is 3. The first-order valence-corrected chi connectivity index (χ1v) is 11.7. The van der Waals surface area contributed by atoms with E-state index in [0.29, 0.717) is 12.2 Å². The molecule has 2 aliphatic rings. The number of nitrogens with zero attached hydrogens (tertiary/aromatic N) is 3. The number of carbonyl (C=O) groups is 2. The lowest BCUT2D eigenvalue weighted by Gasteiger charge is -2.27. The normalized spacial score (nSPS) is 14.8. The van der Waals surface area contributed by atoms with Crippen molar-refractivity contribution in [3.05, 3.63) is 59.7 Å². The average Bonchev–Trinajstić information content (AvgIpc) is 3.43. The number of hydrogen-bond donors (Lipinski definition) is 4. The molecule has 2 heterocycles. The Morgan fingerprint density at radius 3 is 2.59 bits per heavy atom. The lowest BCUT2D eigenvalue weighted by Crippen LogP contribution is -2.53. The van der Waals surface area contributed by atoms with Crippen LogP contribution in [0.4, 0.5) is 15.3 Å². The van der Waals surface area contributed by atoms with Crippen LogP contribution in [0.25, 0.3) is 22.5 Å². The minimum atomic E-state index is -0.807. The van der Waals surface area contributed by atoms with E-state index in [-0.39, 0.29) is 0 Å². The zero-order valence-electron chi connectivity index (χ0n) is 19.0. The van der Waals surface area contributed by atoms with Crippen LogP contribution in [0.5, 0.6) is 0 Å². The highest BCUT2D eigenvalue weighted by molar-refractivity contribution is 5.95. The summed E-state index contributed by atoms with van der Waals surface area (Å²) in [6.45, 7) is 3.39. The second-order valence-electron chi connectivity index (χ2n) is 8.75. The van der Waals surface area contributed by atoms with E-state index in [9.17, 15) is 9.59 Å². The number of primary amides is 1. The maximum atomic E-state index is 12.8. The topological polar surface area (TPSA) is 119 Å². The van der Waals surface area contributed by atoms with E-state index >= 15 is 0 Å². The number of piperidine rings is 1. The smallest absolute Gasteiger partial charge is 0.341 e. The fourth-order valence-corrected chi connectivity index (χ4v) is 4.80. The molecule has 1 aliphatic carbocycles. The number of nitrogens with one attached hydrogen (secondary N) is 3. The van der Waals surface area contributed by atoms with Gasteiger partial charge in [0.2, 0.25) is 0 Å². The van der Waals surface area contributed by atoms with E-state index in [4.69, 9.17) is 5.73 Å². The van der Waals surface area contributed by atoms with Crippen LogP contribution in [0, 0.1) is 0 Å². The van der Waals surface area contributed by atoms with Crippen LogP contribution in [-0.4, -0.2) is 53.3 Å². The van der Waals surface area contributed by atoms with Gasteiger partial charge < -0.3 is 16.0 Å². The molecule has 0 unspecified atom stereocenters. The predicted molar refractivity (Wildman–Crippen MR) is 131 cm³/mol. The molecule has 5 N–H and O–H groups in total. The lowest BCUT2D eigenvalue weighted by atomic mass is 10.1. The molecule has 2 aromatic carbocycles. The van der Waals surface area contributed by atoms with E-state index in [0.717, 1.165) is 53.6 Å². The maximum Gasteiger partial charge on any atom is 0.341 e. The van der Waals surface area contributed by atoms with Gasteiger partial charge in [-0.15, -0.1) is 0 Å².